The Bertz CT molecular complexity index is 589. The molecule has 0 amide bonds. The van der Waals surface area contributed by atoms with E-state index >= 15 is 0 Å². The van der Waals surface area contributed by atoms with Crippen LogP contribution in [0.15, 0.2) is 12.4 Å². The summed E-state index contributed by atoms with van der Waals surface area (Å²) in [5.41, 5.74) is 0.404. The van der Waals surface area contributed by atoms with E-state index < -0.39 is 18.0 Å². The van der Waals surface area contributed by atoms with Crippen molar-refractivity contribution in [3.05, 3.63) is 23.8 Å². The molecule has 1 aromatic heterocycles. The van der Waals surface area contributed by atoms with Gasteiger partial charge in [-0.25, -0.2) is 9.97 Å². The van der Waals surface area contributed by atoms with E-state index in [1.807, 2.05) is 0 Å². The molecule has 0 saturated carbocycles. The molecular formula is C20H29F3N2O3. The number of unbranched alkanes of at least 4 members (excludes halogenated alkanes) is 9. The van der Waals surface area contributed by atoms with Gasteiger partial charge in [0, 0.05) is 31.7 Å². The van der Waals surface area contributed by atoms with Crippen LogP contribution in [-0.4, -0.2) is 26.8 Å². The summed E-state index contributed by atoms with van der Waals surface area (Å²) in [5.74, 6) is -1.93. The summed E-state index contributed by atoms with van der Waals surface area (Å²) in [6, 6.07) is 0. The molecule has 8 heteroatoms. The number of carbonyl (C=O) groups is 2. The van der Waals surface area contributed by atoms with Crippen molar-refractivity contribution in [3.8, 4) is 0 Å². The van der Waals surface area contributed by atoms with Gasteiger partial charge in [-0.2, -0.15) is 13.2 Å². The lowest BCUT2D eigenvalue weighted by molar-refractivity contribution is -0.145. The number of nitrogens with zero attached hydrogens (tertiary/aromatic N) is 2. The fraction of sp³-hybridized carbons (Fsp3) is 0.700. The molecule has 0 aliphatic rings. The number of hydrogen-bond acceptors (Lipinski definition) is 4. The van der Waals surface area contributed by atoms with Gasteiger partial charge in [-0.3, -0.25) is 9.59 Å². The average Bonchev–Trinajstić information content (AvgIpc) is 2.62. The number of aliphatic carboxylic acids is 1. The molecule has 0 spiro atoms. The Morgan fingerprint density at radius 1 is 0.786 bits per heavy atom. The van der Waals surface area contributed by atoms with Crippen molar-refractivity contribution in [3.63, 3.8) is 0 Å². The molecule has 1 rings (SSSR count). The summed E-state index contributed by atoms with van der Waals surface area (Å²) in [4.78, 5) is 28.8. The predicted octanol–water partition coefficient (Wildman–Crippen LogP) is 5.37. The van der Waals surface area contributed by atoms with E-state index in [0.29, 0.717) is 12.0 Å². The van der Waals surface area contributed by atoms with Crippen molar-refractivity contribution >= 4 is 11.8 Å². The van der Waals surface area contributed by atoms with Gasteiger partial charge in [0.25, 0.3) is 0 Å². The molecule has 0 unspecified atom stereocenters. The van der Waals surface area contributed by atoms with Gasteiger partial charge in [-0.05, 0) is 18.4 Å². The van der Waals surface area contributed by atoms with Crippen molar-refractivity contribution < 1.29 is 27.9 Å². The van der Waals surface area contributed by atoms with E-state index in [0.717, 1.165) is 76.6 Å². The number of Topliss-reactive ketones (excluding diaryl/α,β-unsaturated/α-hetero) is 1. The number of halogens is 3. The van der Waals surface area contributed by atoms with Gasteiger partial charge in [0.15, 0.2) is 0 Å². The van der Waals surface area contributed by atoms with Crippen LogP contribution < -0.4 is 0 Å². The van der Waals surface area contributed by atoms with Crippen molar-refractivity contribution in [2.45, 2.75) is 89.6 Å². The molecule has 0 fully saturated rings. The molecule has 0 saturated heterocycles. The van der Waals surface area contributed by atoms with Gasteiger partial charge in [0.2, 0.25) is 5.82 Å². The SMILES string of the molecule is O=C(O)CCCCCCCCCCCCC(=O)Cc1cnc(C(F)(F)F)nc1. The molecule has 0 bridgehead atoms. The molecule has 1 N–H and O–H groups in total. The summed E-state index contributed by atoms with van der Waals surface area (Å²) in [6.45, 7) is 0. The molecule has 1 aromatic rings. The second-order valence-corrected chi connectivity index (χ2v) is 7.06. The number of ketones is 1. The molecule has 0 aromatic carbocycles. The highest BCUT2D eigenvalue weighted by Gasteiger charge is 2.34. The molecule has 0 aliphatic heterocycles. The minimum atomic E-state index is -4.57. The molecule has 0 radical (unpaired) electrons. The average molecular weight is 402 g/mol. The summed E-state index contributed by atoms with van der Waals surface area (Å²) in [5, 5.41) is 8.54. The Labute approximate surface area is 163 Å². The zero-order chi connectivity index (χ0) is 20.8. The second-order valence-electron chi connectivity index (χ2n) is 7.06. The van der Waals surface area contributed by atoms with Crippen LogP contribution in [0, 0.1) is 0 Å². The highest BCUT2D eigenvalue weighted by molar-refractivity contribution is 5.80. The normalized spacial score (nSPS) is 11.5. The summed E-state index contributed by atoms with van der Waals surface area (Å²) in [7, 11) is 0. The van der Waals surface area contributed by atoms with E-state index in [4.69, 9.17) is 5.11 Å². The van der Waals surface area contributed by atoms with Crippen molar-refractivity contribution in [2.75, 3.05) is 0 Å². The molecule has 5 nitrogen and oxygen atoms in total. The zero-order valence-electron chi connectivity index (χ0n) is 16.1. The summed E-state index contributed by atoms with van der Waals surface area (Å²) >= 11 is 0. The standard InChI is InChI=1S/C20H29F3N2O3/c21-20(22,23)19-24-14-16(15-25-19)13-17(26)11-9-7-5-3-1-2-4-6-8-10-12-18(27)28/h14-15H,1-13H2,(H,27,28). The third kappa shape index (κ3) is 11.7. The predicted molar refractivity (Wildman–Crippen MR) is 98.8 cm³/mol. The Kier molecular flexibility index (Phi) is 11.4. The minimum absolute atomic E-state index is 0.00952. The van der Waals surface area contributed by atoms with Crippen LogP contribution in [0.2, 0.25) is 0 Å². The van der Waals surface area contributed by atoms with Crippen LogP contribution in [0.5, 0.6) is 0 Å². The van der Waals surface area contributed by atoms with E-state index in [1.165, 1.54) is 0 Å². The number of carboxylic acids is 1. The summed E-state index contributed by atoms with van der Waals surface area (Å²) in [6.07, 6.45) is 8.48. The van der Waals surface area contributed by atoms with E-state index in [9.17, 15) is 22.8 Å². The number of alkyl halides is 3. The minimum Gasteiger partial charge on any atom is -0.481 e. The maximum atomic E-state index is 12.4. The lowest BCUT2D eigenvalue weighted by atomic mass is 10.0. The van der Waals surface area contributed by atoms with Crippen LogP contribution in [0.4, 0.5) is 13.2 Å². The van der Waals surface area contributed by atoms with Crippen molar-refractivity contribution in [2.24, 2.45) is 0 Å². The van der Waals surface area contributed by atoms with Crippen LogP contribution in [0.1, 0.15) is 88.4 Å². The van der Waals surface area contributed by atoms with Gasteiger partial charge in [0.05, 0.1) is 0 Å². The first-order valence-corrected chi connectivity index (χ1v) is 9.90. The Hall–Kier alpha value is -1.99. The fourth-order valence-corrected chi connectivity index (χ4v) is 2.92. The molecule has 0 atom stereocenters. The van der Waals surface area contributed by atoms with Crippen LogP contribution in [-0.2, 0) is 22.2 Å². The highest BCUT2D eigenvalue weighted by Crippen LogP contribution is 2.25. The monoisotopic (exact) mass is 402 g/mol. The molecule has 1 heterocycles. The van der Waals surface area contributed by atoms with Gasteiger partial charge in [-0.1, -0.05) is 51.4 Å². The third-order valence-electron chi connectivity index (χ3n) is 4.46. The summed E-state index contributed by atoms with van der Waals surface area (Å²) < 4.78 is 37.2. The first-order chi connectivity index (χ1) is 13.3. The Morgan fingerprint density at radius 2 is 1.21 bits per heavy atom. The topological polar surface area (TPSA) is 80.1 Å². The quantitative estimate of drug-likeness (QED) is 0.399. The number of hydrogen-bond donors (Lipinski definition) is 1. The van der Waals surface area contributed by atoms with Crippen LogP contribution in [0.25, 0.3) is 0 Å². The maximum Gasteiger partial charge on any atom is 0.451 e. The van der Waals surface area contributed by atoms with E-state index in [-0.39, 0.29) is 18.6 Å². The fourth-order valence-electron chi connectivity index (χ4n) is 2.92. The lowest BCUT2D eigenvalue weighted by Crippen LogP contribution is -2.12. The van der Waals surface area contributed by atoms with Gasteiger partial charge in [-0.15, -0.1) is 0 Å². The molecule has 0 aliphatic carbocycles. The number of rotatable bonds is 15. The third-order valence-corrected chi connectivity index (χ3v) is 4.46. The van der Waals surface area contributed by atoms with Gasteiger partial charge >= 0.3 is 12.1 Å². The first kappa shape index (κ1) is 24.0. The van der Waals surface area contributed by atoms with Crippen molar-refractivity contribution in [1.82, 2.24) is 9.97 Å². The number of carbonyl (C=O) groups excluding carboxylic acids is 1. The maximum absolute atomic E-state index is 12.4. The zero-order valence-corrected chi connectivity index (χ0v) is 16.1. The van der Waals surface area contributed by atoms with Gasteiger partial charge < -0.3 is 5.11 Å². The molecule has 28 heavy (non-hydrogen) atoms. The van der Waals surface area contributed by atoms with E-state index in [2.05, 4.69) is 9.97 Å². The molecule has 158 valence electrons. The number of carboxylic acid groups (broad SMARTS) is 1. The van der Waals surface area contributed by atoms with Gasteiger partial charge in [0.1, 0.15) is 5.78 Å². The second kappa shape index (κ2) is 13.2. The van der Waals surface area contributed by atoms with E-state index in [1.54, 1.807) is 0 Å². The van der Waals surface area contributed by atoms with Crippen LogP contribution in [0.3, 0.4) is 0 Å². The smallest absolute Gasteiger partial charge is 0.451 e. The van der Waals surface area contributed by atoms with Crippen molar-refractivity contribution in [1.29, 1.82) is 0 Å². The Morgan fingerprint density at radius 3 is 1.64 bits per heavy atom. The van der Waals surface area contributed by atoms with Crippen LogP contribution >= 0.6 is 0 Å². The highest BCUT2D eigenvalue weighted by atomic mass is 19.4. The number of aromatic nitrogens is 2. The first-order valence-electron chi connectivity index (χ1n) is 9.90. The molecular weight excluding hydrogens is 373 g/mol. The largest absolute Gasteiger partial charge is 0.481 e. The lowest BCUT2D eigenvalue weighted by Gasteiger charge is -2.05. The Balaban J connectivity index is 1.99.